The van der Waals surface area contributed by atoms with Crippen LogP contribution in [0.4, 0.5) is 0 Å². The zero-order chi connectivity index (χ0) is 13.6. The van der Waals surface area contributed by atoms with E-state index in [0.717, 1.165) is 18.5 Å². The fraction of sp³-hybridized carbons (Fsp3) is 0.538. The number of halogens is 1. The number of hydrogen-bond donors (Lipinski definition) is 1. The van der Waals surface area contributed by atoms with Crippen LogP contribution in [-0.2, 0) is 0 Å². The molecule has 1 aliphatic rings. The van der Waals surface area contributed by atoms with Crippen molar-refractivity contribution in [3.05, 3.63) is 35.1 Å². The number of rotatable bonds is 4. The number of hydrogen-bond acceptors (Lipinski definition) is 3. The molecule has 2 heterocycles. The molecule has 19 heavy (non-hydrogen) atoms. The van der Waals surface area contributed by atoms with E-state index in [1.54, 1.807) is 23.4 Å². The number of aliphatic hydroxyl groups is 1. The van der Waals surface area contributed by atoms with Gasteiger partial charge in [0.2, 0.25) is 0 Å². The lowest BCUT2D eigenvalue weighted by molar-refractivity contribution is 0.195. The maximum absolute atomic E-state index is 10.6. The normalized spacial score (nSPS) is 17.1. The molecule has 1 fully saturated rings. The molecule has 1 N–H and O–H groups in total. The third kappa shape index (κ3) is 2.17. The predicted molar refractivity (Wildman–Crippen MR) is 72.2 cm³/mol. The second-order valence-corrected chi connectivity index (χ2v) is 5.68. The van der Waals surface area contributed by atoms with Gasteiger partial charge < -0.3 is 9.67 Å². The highest BCUT2D eigenvalue weighted by atomic mass is 35.5. The summed E-state index contributed by atoms with van der Waals surface area (Å²) < 4.78 is 3.80. The van der Waals surface area contributed by atoms with Crippen molar-refractivity contribution in [1.29, 1.82) is 0 Å². The van der Waals surface area contributed by atoms with Gasteiger partial charge in [0.25, 0.3) is 0 Å². The van der Waals surface area contributed by atoms with Gasteiger partial charge in [-0.1, -0.05) is 11.6 Å². The second kappa shape index (κ2) is 4.65. The highest BCUT2D eigenvalue weighted by Crippen LogP contribution is 2.39. The first-order chi connectivity index (χ1) is 9.09. The van der Waals surface area contributed by atoms with E-state index < -0.39 is 6.10 Å². The molecule has 0 spiro atoms. The van der Waals surface area contributed by atoms with E-state index >= 15 is 0 Å². The first kappa shape index (κ1) is 12.7. The number of aromatic nitrogens is 4. The fourth-order valence-corrected chi connectivity index (χ4v) is 2.58. The van der Waals surface area contributed by atoms with Gasteiger partial charge in [-0.2, -0.15) is 5.10 Å². The Morgan fingerprint density at radius 2 is 2.11 bits per heavy atom. The van der Waals surface area contributed by atoms with Crippen LogP contribution in [0, 0.1) is 0 Å². The summed E-state index contributed by atoms with van der Waals surface area (Å²) in [7, 11) is 0. The summed E-state index contributed by atoms with van der Waals surface area (Å²) in [5.74, 6) is 0. The molecule has 1 saturated carbocycles. The third-order valence-electron chi connectivity index (χ3n) is 3.45. The molecule has 0 aromatic carbocycles. The van der Waals surface area contributed by atoms with Crippen molar-refractivity contribution in [2.75, 3.05) is 0 Å². The topological polar surface area (TPSA) is 55.9 Å². The minimum atomic E-state index is -0.791. The predicted octanol–water partition coefficient (Wildman–Crippen LogP) is 2.73. The number of nitrogens with zero attached hydrogens (tertiary/aromatic N) is 4. The van der Waals surface area contributed by atoms with Crippen LogP contribution in [0.25, 0.3) is 0 Å². The highest BCUT2D eigenvalue weighted by molar-refractivity contribution is 6.31. The second-order valence-electron chi connectivity index (χ2n) is 5.28. The minimum Gasteiger partial charge on any atom is -0.380 e. The molecule has 6 heteroatoms. The van der Waals surface area contributed by atoms with Crippen molar-refractivity contribution < 1.29 is 5.11 Å². The molecule has 1 aliphatic carbocycles. The van der Waals surface area contributed by atoms with Gasteiger partial charge in [-0.3, -0.25) is 4.68 Å². The summed E-state index contributed by atoms with van der Waals surface area (Å²) in [6.45, 7) is 4.02. The van der Waals surface area contributed by atoms with Crippen LogP contribution in [-0.4, -0.2) is 24.4 Å². The minimum absolute atomic E-state index is 0.148. The lowest BCUT2D eigenvalue weighted by Gasteiger charge is -2.18. The maximum atomic E-state index is 10.6. The Morgan fingerprint density at radius 1 is 1.37 bits per heavy atom. The third-order valence-corrected chi connectivity index (χ3v) is 3.74. The molecular formula is C13H17ClN4O. The Morgan fingerprint density at radius 3 is 2.74 bits per heavy atom. The molecule has 102 valence electrons. The Labute approximate surface area is 116 Å². The van der Waals surface area contributed by atoms with Crippen LogP contribution >= 0.6 is 11.6 Å². The van der Waals surface area contributed by atoms with E-state index in [4.69, 9.17) is 11.6 Å². The quantitative estimate of drug-likeness (QED) is 0.937. The van der Waals surface area contributed by atoms with Gasteiger partial charge in [-0.15, -0.1) is 0 Å². The lowest BCUT2D eigenvalue weighted by Crippen LogP contribution is -2.15. The van der Waals surface area contributed by atoms with Crippen LogP contribution in [0.2, 0.25) is 5.02 Å². The van der Waals surface area contributed by atoms with E-state index in [9.17, 15) is 5.11 Å². The summed E-state index contributed by atoms with van der Waals surface area (Å²) in [5, 5.41) is 15.4. The van der Waals surface area contributed by atoms with E-state index in [1.807, 2.05) is 18.4 Å². The van der Waals surface area contributed by atoms with Crippen LogP contribution in [0.3, 0.4) is 0 Å². The van der Waals surface area contributed by atoms with Crippen LogP contribution in [0.15, 0.2) is 18.7 Å². The van der Waals surface area contributed by atoms with Gasteiger partial charge in [-0.05, 0) is 26.7 Å². The smallest absolute Gasteiger partial charge is 0.139 e. The van der Waals surface area contributed by atoms with Crippen LogP contribution < -0.4 is 0 Å². The molecule has 0 amide bonds. The monoisotopic (exact) mass is 280 g/mol. The summed E-state index contributed by atoms with van der Waals surface area (Å²) >= 11 is 6.18. The summed E-state index contributed by atoms with van der Waals surface area (Å²) in [5.41, 5.74) is 1.42. The average molecular weight is 281 g/mol. The molecule has 2 aromatic rings. The Kier molecular flexibility index (Phi) is 3.11. The van der Waals surface area contributed by atoms with Crippen molar-refractivity contribution in [3.8, 4) is 0 Å². The zero-order valence-electron chi connectivity index (χ0n) is 11.0. The molecule has 0 bridgehead atoms. The maximum Gasteiger partial charge on any atom is 0.139 e. The molecule has 0 saturated heterocycles. The lowest BCUT2D eigenvalue weighted by atomic mass is 10.2. The zero-order valence-corrected chi connectivity index (χ0v) is 11.7. The number of aliphatic hydroxyl groups excluding tert-OH is 1. The van der Waals surface area contributed by atoms with E-state index in [1.165, 1.54) is 0 Å². The number of imidazole rings is 1. The molecule has 1 atom stereocenters. The van der Waals surface area contributed by atoms with Crippen LogP contribution in [0.5, 0.6) is 0 Å². The fourth-order valence-electron chi connectivity index (χ4n) is 2.34. The van der Waals surface area contributed by atoms with E-state index in [0.29, 0.717) is 16.8 Å². The van der Waals surface area contributed by atoms with Crippen molar-refractivity contribution in [2.24, 2.45) is 0 Å². The standard InChI is InChI=1S/C13H17ClN4O/c1-8(2)18-12(10(14)5-16-18)13(19)11-6-15-7-17(11)9-3-4-9/h5-9,13,19H,3-4H2,1-2H3. The molecule has 3 rings (SSSR count). The highest BCUT2D eigenvalue weighted by Gasteiger charge is 2.30. The van der Waals surface area contributed by atoms with Crippen LogP contribution in [0.1, 0.15) is 56.3 Å². The molecular weight excluding hydrogens is 264 g/mol. The summed E-state index contributed by atoms with van der Waals surface area (Å²) in [6, 6.07) is 0.621. The van der Waals surface area contributed by atoms with Gasteiger partial charge in [0.05, 0.1) is 35.1 Å². The largest absolute Gasteiger partial charge is 0.380 e. The SMILES string of the molecule is CC(C)n1ncc(Cl)c1C(O)c1cncn1C1CC1. The first-order valence-electron chi connectivity index (χ1n) is 6.52. The Balaban J connectivity index is 2.01. The van der Waals surface area contributed by atoms with Gasteiger partial charge in [0, 0.05) is 12.1 Å². The summed E-state index contributed by atoms with van der Waals surface area (Å²) in [4.78, 5) is 4.15. The first-order valence-corrected chi connectivity index (χ1v) is 6.90. The molecule has 2 aromatic heterocycles. The van der Waals surface area contributed by atoms with Gasteiger partial charge >= 0.3 is 0 Å². The van der Waals surface area contributed by atoms with Gasteiger partial charge in [-0.25, -0.2) is 4.98 Å². The van der Waals surface area contributed by atoms with Crippen molar-refractivity contribution in [3.63, 3.8) is 0 Å². The molecule has 1 unspecified atom stereocenters. The van der Waals surface area contributed by atoms with E-state index in [-0.39, 0.29) is 6.04 Å². The van der Waals surface area contributed by atoms with E-state index in [2.05, 4.69) is 10.1 Å². The Hall–Kier alpha value is -1.33. The Bertz CT molecular complexity index is 585. The molecule has 5 nitrogen and oxygen atoms in total. The van der Waals surface area contributed by atoms with Crippen molar-refractivity contribution in [2.45, 2.75) is 44.9 Å². The average Bonchev–Trinajstić information content (AvgIpc) is 2.96. The molecule has 0 aliphatic heterocycles. The van der Waals surface area contributed by atoms with Crippen molar-refractivity contribution >= 4 is 11.6 Å². The van der Waals surface area contributed by atoms with Crippen molar-refractivity contribution in [1.82, 2.24) is 19.3 Å². The van der Waals surface area contributed by atoms with Gasteiger partial charge in [0.1, 0.15) is 6.10 Å². The summed E-state index contributed by atoms with van der Waals surface area (Å²) in [6.07, 6.45) is 6.57. The van der Waals surface area contributed by atoms with Gasteiger partial charge in [0.15, 0.2) is 0 Å². The molecule has 0 radical (unpaired) electrons.